The summed E-state index contributed by atoms with van der Waals surface area (Å²) in [6.07, 6.45) is -2.11. The van der Waals surface area contributed by atoms with E-state index in [1.54, 1.807) is 11.9 Å². The molecule has 0 aromatic carbocycles. The SMILES string of the molecule is C=C(/C=C\C(=C)C(F)(F)F)N(C)CCN(C)C.CC. The lowest BCUT2D eigenvalue weighted by molar-refractivity contribution is -0.0878. The van der Waals surface area contributed by atoms with Gasteiger partial charge in [0.15, 0.2) is 0 Å². The highest BCUT2D eigenvalue weighted by atomic mass is 19.4. The number of rotatable bonds is 6. The summed E-state index contributed by atoms with van der Waals surface area (Å²) in [5.41, 5.74) is -0.350. The van der Waals surface area contributed by atoms with Gasteiger partial charge >= 0.3 is 6.18 Å². The molecule has 0 saturated carbocycles. The summed E-state index contributed by atoms with van der Waals surface area (Å²) in [6.45, 7) is 12.2. The van der Waals surface area contributed by atoms with E-state index in [1.807, 2.05) is 32.8 Å². The third-order valence-corrected chi connectivity index (χ3v) is 2.21. The number of alkyl halides is 3. The fourth-order valence-electron chi connectivity index (χ4n) is 0.912. The Hall–Kier alpha value is -1.23. The number of hydrogen-bond donors (Lipinski definition) is 0. The molecule has 0 rings (SSSR count). The van der Waals surface area contributed by atoms with Crippen molar-refractivity contribution in [1.29, 1.82) is 0 Å². The zero-order valence-electron chi connectivity index (χ0n) is 12.5. The number of hydrogen-bond acceptors (Lipinski definition) is 2. The summed E-state index contributed by atoms with van der Waals surface area (Å²) in [5.74, 6) is 0. The van der Waals surface area contributed by atoms with Crippen molar-refractivity contribution in [2.24, 2.45) is 0 Å². The van der Waals surface area contributed by atoms with Crippen LogP contribution in [0.2, 0.25) is 0 Å². The topological polar surface area (TPSA) is 6.48 Å². The highest BCUT2D eigenvalue weighted by Crippen LogP contribution is 2.25. The number of allylic oxidation sites excluding steroid dienone is 3. The van der Waals surface area contributed by atoms with E-state index in [-0.39, 0.29) is 0 Å². The normalized spacial score (nSPS) is 11.2. The molecule has 5 heteroatoms. The molecule has 0 atom stereocenters. The van der Waals surface area contributed by atoms with Gasteiger partial charge in [-0.3, -0.25) is 0 Å². The van der Waals surface area contributed by atoms with E-state index in [4.69, 9.17) is 0 Å². The van der Waals surface area contributed by atoms with Crippen LogP contribution in [-0.2, 0) is 0 Å². The minimum absolute atomic E-state index is 0.525. The first-order valence-corrected chi connectivity index (χ1v) is 6.13. The van der Waals surface area contributed by atoms with Gasteiger partial charge in [0.05, 0.1) is 0 Å². The van der Waals surface area contributed by atoms with Crippen LogP contribution in [-0.4, -0.2) is 50.2 Å². The number of halogens is 3. The monoisotopic (exact) mass is 278 g/mol. The van der Waals surface area contributed by atoms with E-state index in [0.29, 0.717) is 12.2 Å². The van der Waals surface area contributed by atoms with E-state index in [0.717, 1.165) is 12.6 Å². The van der Waals surface area contributed by atoms with Crippen LogP contribution >= 0.6 is 0 Å². The largest absolute Gasteiger partial charge is 0.415 e. The summed E-state index contributed by atoms with van der Waals surface area (Å²) < 4.78 is 36.5. The van der Waals surface area contributed by atoms with E-state index in [2.05, 4.69) is 13.2 Å². The molecule has 0 aliphatic rings. The fraction of sp³-hybridized carbons (Fsp3) is 0.571. The molecule has 0 spiro atoms. The third kappa shape index (κ3) is 10.4. The summed E-state index contributed by atoms with van der Waals surface area (Å²) in [6, 6.07) is 0. The average molecular weight is 278 g/mol. The molecule has 0 aliphatic carbocycles. The van der Waals surface area contributed by atoms with Crippen molar-refractivity contribution in [2.45, 2.75) is 20.0 Å². The standard InChI is InChI=1S/C12H19F3N2.C2H6/c1-10(12(13,14)15)6-7-11(2)17(5)9-8-16(3)4;1-2/h6-7H,1-2,8-9H2,3-5H3;1-2H3/b7-6-;. The van der Waals surface area contributed by atoms with Gasteiger partial charge in [-0.2, -0.15) is 13.2 Å². The lowest BCUT2D eigenvalue weighted by Crippen LogP contribution is -2.27. The van der Waals surface area contributed by atoms with Crippen molar-refractivity contribution in [3.63, 3.8) is 0 Å². The smallest absolute Gasteiger partial charge is 0.374 e. The fourth-order valence-corrected chi connectivity index (χ4v) is 0.912. The maximum Gasteiger partial charge on any atom is 0.415 e. The molecule has 112 valence electrons. The zero-order valence-corrected chi connectivity index (χ0v) is 12.5. The lowest BCUT2D eigenvalue weighted by Gasteiger charge is -2.21. The Balaban J connectivity index is 0. The first kappa shape index (κ1) is 20.1. The van der Waals surface area contributed by atoms with Gasteiger partial charge < -0.3 is 9.80 Å². The molecule has 0 aromatic heterocycles. The van der Waals surface area contributed by atoms with Crippen LogP contribution in [0.25, 0.3) is 0 Å². The second-order valence-electron chi connectivity index (χ2n) is 4.07. The minimum atomic E-state index is -4.38. The minimum Gasteiger partial charge on any atom is -0.374 e. The van der Waals surface area contributed by atoms with E-state index in [1.165, 1.54) is 6.08 Å². The summed E-state index contributed by atoms with van der Waals surface area (Å²) >= 11 is 0. The summed E-state index contributed by atoms with van der Waals surface area (Å²) in [5, 5.41) is 0. The average Bonchev–Trinajstić information content (AvgIpc) is 2.33. The Kier molecular flexibility index (Phi) is 10.2. The van der Waals surface area contributed by atoms with Gasteiger partial charge in [-0.05, 0) is 26.2 Å². The van der Waals surface area contributed by atoms with Crippen molar-refractivity contribution in [3.05, 3.63) is 36.6 Å². The molecular formula is C14H25F3N2. The summed E-state index contributed by atoms with van der Waals surface area (Å²) in [7, 11) is 5.64. The van der Waals surface area contributed by atoms with Gasteiger partial charge in [-0.25, -0.2) is 0 Å². The summed E-state index contributed by atoms with van der Waals surface area (Å²) in [4.78, 5) is 3.78. The van der Waals surface area contributed by atoms with Crippen molar-refractivity contribution < 1.29 is 13.2 Å². The van der Waals surface area contributed by atoms with Crippen LogP contribution in [0.1, 0.15) is 13.8 Å². The van der Waals surface area contributed by atoms with Crippen LogP contribution in [0.3, 0.4) is 0 Å². The third-order valence-electron chi connectivity index (χ3n) is 2.21. The predicted octanol–water partition coefficient (Wildman–Crippen LogP) is 3.69. The highest BCUT2D eigenvalue weighted by Gasteiger charge is 2.29. The predicted molar refractivity (Wildman–Crippen MR) is 76.0 cm³/mol. The molecule has 0 aliphatic heterocycles. The molecule has 0 N–H and O–H groups in total. The molecule has 0 amide bonds. The van der Waals surface area contributed by atoms with Crippen molar-refractivity contribution >= 4 is 0 Å². The van der Waals surface area contributed by atoms with Gasteiger partial charge in [0.2, 0.25) is 0 Å². The maximum absolute atomic E-state index is 12.2. The van der Waals surface area contributed by atoms with Gasteiger partial charge in [0.25, 0.3) is 0 Å². The van der Waals surface area contributed by atoms with Gasteiger partial charge in [0.1, 0.15) is 0 Å². The molecule has 0 radical (unpaired) electrons. The Bertz CT molecular complexity index is 304. The maximum atomic E-state index is 12.2. The molecule has 2 nitrogen and oxygen atoms in total. The van der Waals surface area contributed by atoms with Crippen LogP contribution < -0.4 is 0 Å². The second-order valence-corrected chi connectivity index (χ2v) is 4.07. The van der Waals surface area contributed by atoms with E-state index < -0.39 is 11.7 Å². The van der Waals surface area contributed by atoms with Gasteiger partial charge in [-0.15, -0.1) is 0 Å². The molecule has 0 bridgehead atoms. The van der Waals surface area contributed by atoms with Gasteiger partial charge in [0, 0.05) is 31.4 Å². The molecule has 0 saturated heterocycles. The molecule has 0 fully saturated rings. The van der Waals surface area contributed by atoms with Crippen LogP contribution in [0.4, 0.5) is 13.2 Å². The Morgan fingerprint density at radius 3 is 1.84 bits per heavy atom. The first-order chi connectivity index (χ1) is 8.64. The van der Waals surface area contributed by atoms with Crippen LogP contribution in [0, 0.1) is 0 Å². The first-order valence-electron chi connectivity index (χ1n) is 6.13. The molecule has 0 aromatic rings. The Morgan fingerprint density at radius 1 is 1.00 bits per heavy atom. The van der Waals surface area contributed by atoms with Crippen LogP contribution in [0.5, 0.6) is 0 Å². The quantitative estimate of drug-likeness (QED) is 0.684. The van der Waals surface area contributed by atoms with E-state index >= 15 is 0 Å². The van der Waals surface area contributed by atoms with E-state index in [9.17, 15) is 13.2 Å². The number of nitrogens with zero attached hydrogens (tertiary/aromatic N) is 2. The molecule has 0 unspecified atom stereocenters. The van der Waals surface area contributed by atoms with Crippen molar-refractivity contribution in [3.8, 4) is 0 Å². The molecular weight excluding hydrogens is 253 g/mol. The highest BCUT2D eigenvalue weighted by molar-refractivity contribution is 5.26. The Labute approximate surface area is 114 Å². The second kappa shape index (κ2) is 9.67. The zero-order chi connectivity index (χ0) is 15.6. The lowest BCUT2D eigenvalue weighted by atomic mass is 10.2. The van der Waals surface area contributed by atoms with Crippen molar-refractivity contribution in [1.82, 2.24) is 9.80 Å². The number of likely N-dealkylation sites (N-methyl/N-ethyl adjacent to an activating group) is 2. The Morgan fingerprint density at radius 2 is 1.47 bits per heavy atom. The van der Waals surface area contributed by atoms with Crippen molar-refractivity contribution in [2.75, 3.05) is 34.2 Å². The molecule has 0 heterocycles. The molecule has 19 heavy (non-hydrogen) atoms. The van der Waals surface area contributed by atoms with Gasteiger partial charge in [-0.1, -0.05) is 27.0 Å². The van der Waals surface area contributed by atoms with Crippen LogP contribution in [0.15, 0.2) is 36.6 Å².